The standard InChI is InChI=1S/C17H24N4S/c1-13-8-9-16(22-13)12-20-17(18-2)19-11-14-6-5-7-15(10-14)21(3)4/h5-10H,11-12H2,1-4H3,(H2,18,19,20). The summed E-state index contributed by atoms with van der Waals surface area (Å²) in [6.07, 6.45) is 0. The molecule has 4 nitrogen and oxygen atoms in total. The molecule has 0 radical (unpaired) electrons. The van der Waals surface area contributed by atoms with E-state index in [4.69, 9.17) is 0 Å². The smallest absolute Gasteiger partial charge is 0.191 e. The SMILES string of the molecule is CN=C(NCc1cccc(N(C)C)c1)NCc1ccc(C)s1. The monoisotopic (exact) mass is 316 g/mol. The van der Waals surface area contributed by atoms with Gasteiger partial charge in [0.1, 0.15) is 0 Å². The Balaban J connectivity index is 1.87. The van der Waals surface area contributed by atoms with Crippen molar-refractivity contribution in [1.29, 1.82) is 0 Å². The molecule has 5 heteroatoms. The maximum Gasteiger partial charge on any atom is 0.191 e. The number of benzene rings is 1. The highest BCUT2D eigenvalue weighted by Gasteiger charge is 2.02. The molecule has 118 valence electrons. The number of guanidine groups is 1. The molecule has 0 aliphatic rings. The van der Waals surface area contributed by atoms with Crippen molar-refractivity contribution in [2.75, 3.05) is 26.0 Å². The Kier molecular flexibility index (Phi) is 5.83. The second-order valence-corrected chi connectivity index (χ2v) is 6.73. The summed E-state index contributed by atoms with van der Waals surface area (Å²) in [5.41, 5.74) is 2.44. The summed E-state index contributed by atoms with van der Waals surface area (Å²) in [4.78, 5) is 9.03. The quantitative estimate of drug-likeness (QED) is 0.658. The Bertz CT molecular complexity index is 631. The summed E-state index contributed by atoms with van der Waals surface area (Å²) in [6, 6.07) is 12.8. The second kappa shape index (κ2) is 7.84. The van der Waals surface area contributed by atoms with Gasteiger partial charge in [0, 0.05) is 43.1 Å². The van der Waals surface area contributed by atoms with Crippen LogP contribution in [0.1, 0.15) is 15.3 Å². The lowest BCUT2D eigenvalue weighted by Gasteiger charge is -2.15. The normalized spacial score (nSPS) is 11.4. The molecule has 0 bridgehead atoms. The number of anilines is 1. The van der Waals surface area contributed by atoms with Gasteiger partial charge in [-0.2, -0.15) is 0 Å². The van der Waals surface area contributed by atoms with Crippen molar-refractivity contribution in [3.05, 3.63) is 51.7 Å². The van der Waals surface area contributed by atoms with Crippen LogP contribution in [0.15, 0.2) is 41.4 Å². The summed E-state index contributed by atoms with van der Waals surface area (Å²) in [5.74, 6) is 0.821. The van der Waals surface area contributed by atoms with E-state index in [9.17, 15) is 0 Å². The number of aryl methyl sites for hydroxylation is 1. The average molecular weight is 316 g/mol. The molecule has 0 saturated heterocycles. The first-order chi connectivity index (χ1) is 10.6. The molecule has 0 unspecified atom stereocenters. The predicted octanol–water partition coefficient (Wildman–Crippen LogP) is 2.99. The van der Waals surface area contributed by atoms with Crippen LogP contribution in [0, 0.1) is 6.92 Å². The van der Waals surface area contributed by atoms with Crippen LogP contribution in [0.4, 0.5) is 5.69 Å². The van der Waals surface area contributed by atoms with Gasteiger partial charge < -0.3 is 15.5 Å². The molecule has 2 N–H and O–H groups in total. The Labute approximate surface area is 136 Å². The molecular formula is C17H24N4S. The van der Waals surface area contributed by atoms with Crippen molar-refractivity contribution in [2.24, 2.45) is 4.99 Å². The molecule has 0 aliphatic carbocycles. The third-order valence-corrected chi connectivity index (χ3v) is 4.34. The van der Waals surface area contributed by atoms with Gasteiger partial charge in [0.25, 0.3) is 0 Å². The van der Waals surface area contributed by atoms with E-state index >= 15 is 0 Å². The molecule has 1 aromatic carbocycles. The van der Waals surface area contributed by atoms with Crippen molar-refractivity contribution in [1.82, 2.24) is 10.6 Å². The van der Waals surface area contributed by atoms with E-state index in [2.05, 4.69) is 77.9 Å². The first-order valence-corrected chi connectivity index (χ1v) is 8.16. The fourth-order valence-electron chi connectivity index (χ4n) is 2.10. The van der Waals surface area contributed by atoms with Crippen molar-refractivity contribution in [2.45, 2.75) is 20.0 Å². The lowest BCUT2D eigenvalue weighted by atomic mass is 10.2. The fraction of sp³-hybridized carbons (Fsp3) is 0.353. The zero-order valence-electron chi connectivity index (χ0n) is 13.7. The maximum absolute atomic E-state index is 4.27. The van der Waals surface area contributed by atoms with E-state index in [1.54, 1.807) is 7.05 Å². The van der Waals surface area contributed by atoms with Crippen LogP contribution in [-0.2, 0) is 13.1 Å². The molecule has 2 rings (SSSR count). The van der Waals surface area contributed by atoms with Crippen LogP contribution in [0.5, 0.6) is 0 Å². The Morgan fingerprint density at radius 1 is 1.14 bits per heavy atom. The third kappa shape index (κ3) is 4.77. The number of hydrogen-bond donors (Lipinski definition) is 2. The summed E-state index contributed by atoms with van der Waals surface area (Å²) in [7, 11) is 5.90. The summed E-state index contributed by atoms with van der Waals surface area (Å²) < 4.78 is 0. The molecule has 0 atom stereocenters. The van der Waals surface area contributed by atoms with Crippen LogP contribution in [0.3, 0.4) is 0 Å². The first kappa shape index (κ1) is 16.4. The Morgan fingerprint density at radius 3 is 2.55 bits per heavy atom. The highest BCUT2D eigenvalue weighted by Crippen LogP contribution is 2.14. The molecule has 2 aromatic rings. The van der Waals surface area contributed by atoms with Crippen LogP contribution in [0.25, 0.3) is 0 Å². The number of aliphatic imine (C=N–C) groups is 1. The van der Waals surface area contributed by atoms with Crippen molar-refractivity contribution in [3.8, 4) is 0 Å². The van der Waals surface area contributed by atoms with Crippen molar-refractivity contribution in [3.63, 3.8) is 0 Å². The van der Waals surface area contributed by atoms with E-state index in [0.29, 0.717) is 0 Å². The number of rotatable bonds is 5. The Morgan fingerprint density at radius 2 is 1.91 bits per heavy atom. The number of thiophene rings is 1. The van der Waals surface area contributed by atoms with Gasteiger partial charge in [0.15, 0.2) is 5.96 Å². The molecule has 22 heavy (non-hydrogen) atoms. The molecule has 0 aliphatic heterocycles. The van der Waals surface area contributed by atoms with Gasteiger partial charge in [-0.05, 0) is 36.8 Å². The van der Waals surface area contributed by atoms with E-state index in [1.807, 2.05) is 11.3 Å². The predicted molar refractivity (Wildman–Crippen MR) is 96.9 cm³/mol. The minimum atomic E-state index is 0.755. The third-order valence-electron chi connectivity index (χ3n) is 3.34. The van der Waals surface area contributed by atoms with Gasteiger partial charge in [0.2, 0.25) is 0 Å². The van der Waals surface area contributed by atoms with Crippen LogP contribution in [0.2, 0.25) is 0 Å². The topological polar surface area (TPSA) is 39.7 Å². The zero-order chi connectivity index (χ0) is 15.9. The molecule has 1 aromatic heterocycles. The van der Waals surface area contributed by atoms with E-state index in [-0.39, 0.29) is 0 Å². The molecule has 0 saturated carbocycles. The molecular weight excluding hydrogens is 292 g/mol. The van der Waals surface area contributed by atoms with E-state index in [0.717, 1.165) is 19.0 Å². The summed E-state index contributed by atoms with van der Waals surface area (Å²) in [5, 5.41) is 6.70. The molecule has 0 spiro atoms. The van der Waals surface area contributed by atoms with Gasteiger partial charge in [-0.25, -0.2) is 0 Å². The van der Waals surface area contributed by atoms with Gasteiger partial charge in [-0.15, -0.1) is 11.3 Å². The number of hydrogen-bond acceptors (Lipinski definition) is 3. The lowest BCUT2D eigenvalue weighted by molar-refractivity contribution is 0.815. The van der Waals surface area contributed by atoms with Crippen LogP contribution >= 0.6 is 11.3 Å². The summed E-state index contributed by atoms with van der Waals surface area (Å²) >= 11 is 1.81. The first-order valence-electron chi connectivity index (χ1n) is 7.34. The van der Waals surface area contributed by atoms with Crippen LogP contribution in [-0.4, -0.2) is 27.1 Å². The van der Waals surface area contributed by atoms with Gasteiger partial charge in [-0.1, -0.05) is 12.1 Å². The number of nitrogens with one attached hydrogen (secondary N) is 2. The van der Waals surface area contributed by atoms with Gasteiger partial charge in [0.05, 0.1) is 6.54 Å². The maximum atomic E-state index is 4.27. The summed E-state index contributed by atoms with van der Waals surface area (Å²) in [6.45, 7) is 3.68. The fourth-order valence-corrected chi connectivity index (χ4v) is 2.93. The molecule has 0 amide bonds. The van der Waals surface area contributed by atoms with Gasteiger partial charge in [-0.3, -0.25) is 4.99 Å². The minimum Gasteiger partial charge on any atom is -0.378 e. The largest absolute Gasteiger partial charge is 0.378 e. The lowest BCUT2D eigenvalue weighted by Crippen LogP contribution is -2.36. The average Bonchev–Trinajstić information content (AvgIpc) is 2.93. The van der Waals surface area contributed by atoms with Gasteiger partial charge >= 0.3 is 0 Å². The highest BCUT2D eigenvalue weighted by molar-refractivity contribution is 7.11. The second-order valence-electron chi connectivity index (χ2n) is 5.36. The Hall–Kier alpha value is -2.01. The minimum absolute atomic E-state index is 0.755. The zero-order valence-corrected chi connectivity index (χ0v) is 14.5. The van der Waals surface area contributed by atoms with Crippen molar-refractivity contribution >= 4 is 23.0 Å². The highest BCUT2D eigenvalue weighted by atomic mass is 32.1. The number of nitrogens with zero attached hydrogens (tertiary/aromatic N) is 2. The van der Waals surface area contributed by atoms with E-state index in [1.165, 1.54) is 21.0 Å². The van der Waals surface area contributed by atoms with E-state index < -0.39 is 0 Å². The molecule has 1 heterocycles. The molecule has 0 fully saturated rings. The van der Waals surface area contributed by atoms with Crippen molar-refractivity contribution < 1.29 is 0 Å². The van der Waals surface area contributed by atoms with Crippen LogP contribution < -0.4 is 15.5 Å².